The first-order chi connectivity index (χ1) is 31.0. The van der Waals surface area contributed by atoms with Gasteiger partial charge in [0, 0.05) is 19.3 Å². The molecule has 0 spiro atoms. The number of allylic oxidation sites excluding steroid dienone is 20. The van der Waals surface area contributed by atoms with Crippen LogP contribution in [0.1, 0.15) is 201 Å². The van der Waals surface area contributed by atoms with Crippen LogP contribution in [0.5, 0.6) is 0 Å². The van der Waals surface area contributed by atoms with Crippen molar-refractivity contribution in [2.75, 3.05) is 13.2 Å². The van der Waals surface area contributed by atoms with Crippen LogP contribution in [0, 0.1) is 0 Å². The van der Waals surface area contributed by atoms with Gasteiger partial charge in [0.2, 0.25) is 0 Å². The lowest BCUT2D eigenvalue weighted by atomic mass is 10.0. The summed E-state index contributed by atoms with van der Waals surface area (Å²) in [4.78, 5) is 37.9. The number of esters is 3. The van der Waals surface area contributed by atoms with E-state index >= 15 is 0 Å². The molecular formula is C57H90O6. The van der Waals surface area contributed by atoms with E-state index in [0.29, 0.717) is 19.3 Å². The minimum absolute atomic E-state index is 0.120. The summed E-state index contributed by atoms with van der Waals surface area (Å²) in [6, 6.07) is 0. The van der Waals surface area contributed by atoms with Crippen molar-refractivity contribution in [3.8, 4) is 0 Å². The van der Waals surface area contributed by atoms with Crippen LogP contribution in [0.3, 0.4) is 0 Å². The van der Waals surface area contributed by atoms with Gasteiger partial charge >= 0.3 is 17.9 Å². The molecule has 0 heterocycles. The third-order valence-corrected chi connectivity index (χ3v) is 10.2. The molecule has 0 N–H and O–H groups in total. The van der Waals surface area contributed by atoms with Crippen molar-refractivity contribution >= 4 is 17.9 Å². The Hall–Kier alpha value is -4.19. The van der Waals surface area contributed by atoms with Crippen LogP contribution >= 0.6 is 0 Å². The first-order valence-electron chi connectivity index (χ1n) is 25.2. The van der Waals surface area contributed by atoms with Crippen LogP contribution in [0.4, 0.5) is 0 Å². The topological polar surface area (TPSA) is 78.9 Å². The second kappa shape index (κ2) is 50.5. The van der Waals surface area contributed by atoms with Crippen molar-refractivity contribution in [3.63, 3.8) is 0 Å². The van der Waals surface area contributed by atoms with E-state index in [0.717, 1.165) is 57.8 Å². The van der Waals surface area contributed by atoms with Crippen LogP contribution in [-0.4, -0.2) is 37.2 Å². The van der Waals surface area contributed by atoms with E-state index in [1.165, 1.54) is 89.9 Å². The number of rotatable bonds is 43. The van der Waals surface area contributed by atoms with Gasteiger partial charge in [-0.1, -0.05) is 251 Å². The zero-order chi connectivity index (χ0) is 45.8. The summed E-state index contributed by atoms with van der Waals surface area (Å²) in [7, 11) is 0. The van der Waals surface area contributed by atoms with E-state index in [1.54, 1.807) is 0 Å². The first-order valence-corrected chi connectivity index (χ1v) is 25.2. The van der Waals surface area contributed by atoms with Gasteiger partial charge in [0.15, 0.2) is 6.10 Å². The summed E-state index contributed by atoms with van der Waals surface area (Å²) in [5.41, 5.74) is 0. The maximum Gasteiger partial charge on any atom is 0.306 e. The molecular weight excluding hydrogens is 781 g/mol. The van der Waals surface area contributed by atoms with E-state index < -0.39 is 6.10 Å². The minimum Gasteiger partial charge on any atom is -0.462 e. The summed E-state index contributed by atoms with van der Waals surface area (Å²) >= 11 is 0. The molecule has 0 rings (SSSR count). The van der Waals surface area contributed by atoms with Gasteiger partial charge in [-0.3, -0.25) is 14.4 Å². The lowest BCUT2D eigenvalue weighted by molar-refractivity contribution is -0.167. The molecule has 0 aliphatic carbocycles. The maximum atomic E-state index is 12.8. The van der Waals surface area contributed by atoms with Crippen LogP contribution < -0.4 is 0 Å². The Bertz CT molecular complexity index is 1370. The summed E-state index contributed by atoms with van der Waals surface area (Å²) in [5.74, 6) is -1.05. The molecule has 1 unspecified atom stereocenters. The fraction of sp³-hybridized carbons (Fsp3) is 0.596. The largest absolute Gasteiger partial charge is 0.462 e. The molecule has 63 heavy (non-hydrogen) atoms. The average molecular weight is 871 g/mol. The van der Waals surface area contributed by atoms with Gasteiger partial charge in [0.05, 0.1) is 0 Å². The third-order valence-electron chi connectivity index (χ3n) is 10.2. The molecule has 0 aromatic heterocycles. The zero-order valence-corrected chi connectivity index (χ0v) is 40.3. The molecule has 0 saturated heterocycles. The lowest BCUT2D eigenvalue weighted by Gasteiger charge is -2.18. The van der Waals surface area contributed by atoms with E-state index in [4.69, 9.17) is 14.2 Å². The molecule has 0 amide bonds. The van der Waals surface area contributed by atoms with Gasteiger partial charge in [0.25, 0.3) is 0 Å². The molecule has 6 heteroatoms. The van der Waals surface area contributed by atoms with Gasteiger partial charge in [-0.25, -0.2) is 0 Å². The molecule has 0 fully saturated rings. The van der Waals surface area contributed by atoms with Crippen LogP contribution in [-0.2, 0) is 28.6 Å². The van der Waals surface area contributed by atoms with Gasteiger partial charge in [-0.05, 0) is 51.4 Å². The van der Waals surface area contributed by atoms with Crippen molar-refractivity contribution in [3.05, 3.63) is 122 Å². The second-order valence-corrected chi connectivity index (χ2v) is 16.2. The van der Waals surface area contributed by atoms with Gasteiger partial charge in [0.1, 0.15) is 13.2 Å². The van der Waals surface area contributed by atoms with Crippen molar-refractivity contribution < 1.29 is 28.6 Å². The minimum atomic E-state index is -0.830. The van der Waals surface area contributed by atoms with Crippen molar-refractivity contribution in [2.45, 2.75) is 207 Å². The molecule has 0 saturated carbocycles. The first kappa shape index (κ1) is 58.8. The van der Waals surface area contributed by atoms with Gasteiger partial charge < -0.3 is 14.2 Å². The van der Waals surface area contributed by atoms with Crippen LogP contribution in [0.15, 0.2) is 122 Å². The average Bonchev–Trinajstić information content (AvgIpc) is 3.28. The summed E-state index contributed by atoms with van der Waals surface area (Å²) < 4.78 is 16.7. The lowest BCUT2D eigenvalue weighted by Crippen LogP contribution is -2.30. The Morgan fingerprint density at radius 1 is 0.333 bits per heavy atom. The Labute approximate surface area is 386 Å². The van der Waals surface area contributed by atoms with E-state index in [9.17, 15) is 14.4 Å². The van der Waals surface area contributed by atoms with Crippen LogP contribution in [0.25, 0.3) is 0 Å². The zero-order valence-electron chi connectivity index (χ0n) is 40.3. The SMILES string of the molecule is CC/C=C/C=C/C=C/C=C/C=C/CCCCCC(=O)OC(COC(=O)CCC/C=C/C=C/C=C/C=C/C=C/CC)COC(=O)CCCCCCCCCCCCCCCCCCC. The van der Waals surface area contributed by atoms with E-state index in [1.807, 2.05) is 103 Å². The Balaban J connectivity index is 4.54. The Morgan fingerprint density at radius 2 is 0.635 bits per heavy atom. The molecule has 1 atom stereocenters. The standard InChI is InChI=1S/C57H90O6/c1-4-7-10-13-16-19-22-25-27-28-30-32-35-38-41-44-47-50-56(59)62-53-54(52-61-55(58)49-46-43-40-37-34-31-24-21-18-15-12-9-6-3)63-57(60)51-48-45-42-39-36-33-29-26-23-20-17-14-11-8-5-2/h8-9,11-12,14-15,17-18,20-21,23-24,26,29,31,33-34,36-37,40,54H,4-7,10,13,16,19,22,25,27-28,30,32,35,38-39,41-53H2,1-3H3/b11-8+,12-9+,17-14+,18-15+,23-20+,24-21+,29-26+,34-31+,36-33+,40-37+. The number of ether oxygens (including phenoxy) is 3. The second-order valence-electron chi connectivity index (χ2n) is 16.2. The molecule has 354 valence electrons. The normalized spacial score (nSPS) is 13.1. The fourth-order valence-electron chi connectivity index (χ4n) is 6.49. The number of carbonyl (C=O) groups excluding carboxylic acids is 3. The van der Waals surface area contributed by atoms with E-state index in [-0.39, 0.29) is 44.0 Å². The molecule has 0 aliphatic heterocycles. The number of hydrogen-bond acceptors (Lipinski definition) is 6. The monoisotopic (exact) mass is 871 g/mol. The van der Waals surface area contributed by atoms with Gasteiger partial charge in [-0.2, -0.15) is 0 Å². The fourth-order valence-corrected chi connectivity index (χ4v) is 6.49. The van der Waals surface area contributed by atoms with Crippen molar-refractivity contribution in [1.29, 1.82) is 0 Å². The maximum absolute atomic E-state index is 12.8. The predicted molar refractivity (Wildman–Crippen MR) is 269 cm³/mol. The highest BCUT2D eigenvalue weighted by molar-refractivity contribution is 5.71. The highest BCUT2D eigenvalue weighted by Crippen LogP contribution is 2.15. The summed E-state index contributed by atoms with van der Waals surface area (Å²) in [6.07, 6.45) is 69.1. The summed E-state index contributed by atoms with van der Waals surface area (Å²) in [6.45, 7) is 6.24. The number of hydrogen-bond donors (Lipinski definition) is 0. The van der Waals surface area contributed by atoms with Crippen molar-refractivity contribution in [2.24, 2.45) is 0 Å². The van der Waals surface area contributed by atoms with Crippen molar-refractivity contribution in [1.82, 2.24) is 0 Å². The highest BCUT2D eigenvalue weighted by atomic mass is 16.6. The number of unbranched alkanes of at least 4 members (excludes halogenated alkanes) is 20. The van der Waals surface area contributed by atoms with E-state index in [2.05, 4.69) is 39.0 Å². The molecule has 0 radical (unpaired) electrons. The third kappa shape index (κ3) is 48.7. The molecule has 0 aromatic carbocycles. The number of carbonyl (C=O) groups is 3. The Kier molecular flexibility index (Phi) is 47.1. The molecule has 0 bridgehead atoms. The molecule has 0 aromatic rings. The predicted octanol–water partition coefficient (Wildman–Crippen LogP) is 16.5. The Morgan fingerprint density at radius 3 is 1.03 bits per heavy atom. The quantitative estimate of drug-likeness (QED) is 0.0263. The molecule has 0 aliphatic rings. The smallest absolute Gasteiger partial charge is 0.306 e. The van der Waals surface area contributed by atoms with Gasteiger partial charge in [-0.15, -0.1) is 0 Å². The highest BCUT2D eigenvalue weighted by Gasteiger charge is 2.19. The summed E-state index contributed by atoms with van der Waals surface area (Å²) in [5, 5.41) is 0. The van der Waals surface area contributed by atoms with Crippen LogP contribution in [0.2, 0.25) is 0 Å². The molecule has 6 nitrogen and oxygen atoms in total.